The summed E-state index contributed by atoms with van der Waals surface area (Å²) in [7, 11) is 0. The molecule has 1 saturated heterocycles. The fraction of sp³-hybridized carbons (Fsp3) is 0.600. The summed E-state index contributed by atoms with van der Waals surface area (Å²) in [6.45, 7) is 2.45. The Morgan fingerprint density at radius 3 is 3.00 bits per heavy atom. The second kappa shape index (κ2) is 5.41. The van der Waals surface area contributed by atoms with E-state index in [1.807, 2.05) is 0 Å². The highest BCUT2D eigenvalue weighted by molar-refractivity contribution is 6.28. The third-order valence-electron chi connectivity index (χ3n) is 2.60. The van der Waals surface area contributed by atoms with Gasteiger partial charge in [-0.1, -0.05) is 0 Å². The van der Waals surface area contributed by atoms with E-state index in [2.05, 4.69) is 15.3 Å². The van der Waals surface area contributed by atoms with Crippen molar-refractivity contribution in [2.45, 2.75) is 12.8 Å². The molecule has 2 rings (SSSR count). The maximum atomic E-state index is 13.2. The Bertz CT molecular complexity index is 358. The molecule has 0 aromatic carbocycles. The Balaban J connectivity index is 1.90. The molecule has 0 radical (unpaired) electrons. The molecule has 0 atom stereocenters. The lowest BCUT2D eigenvalue weighted by molar-refractivity contribution is 0.201. The van der Waals surface area contributed by atoms with Crippen LogP contribution in [0, 0.1) is 11.7 Å². The molecule has 0 amide bonds. The molecule has 0 bridgehead atoms. The first-order chi connectivity index (χ1) is 7.75. The van der Waals surface area contributed by atoms with Crippen molar-refractivity contribution in [2.75, 3.05) is 19.7 Å². The molecule has 1 fully saturated rings. The van der Waals surface area contributed by atoms with Gasteiger partial charge in [-0.05, 0) is 43.5 Å². The lowest BCUT2D eigenvalue weighted by atomic mass is 9.99. The number of nitrogens with one attached hydrogen (secondary N) is 1. The van der Waals surface area contributed by atoms with Crippen LogP contribution in [0.15, 0.2) is 6.20 Å². The van der Waals surface area contributed by atoms with Crippen molar-refractivity contribution in [2.24, 2.45) is 5.92 Å². The predicted octanol–water partition coefficient (Wildman–Crippen LogP) is 1.65. The summed E-state index contributed by atoms with van der Waals surface area (Å²) in [6, 6.07) is 0. The molecule has 0 aliphatic carbocycles. The molecule has 0 saturated carbocycles. The Hall–Kier alpha value is -0.940. The van der Waals surface area contributed by atoms with Crippen LogP contribution in [0.2, 0.25) is 5.28 Å². The zero-order valence-corrected chi connectivity index (χ0v) is 9.50. The number of hydrogen-bond acceptors (Lipinski definition) is 4. The first-order valence-corrected chi connectivity index (χ1v) is 5.65. The predicted molar refractivity (Wildman–Crippen MR) is 58.1 cm³/mol. The molecule has 88 valence electrons. The topological polar surface area (TPSA) is 47.0 Å². The number of hydrogen-bond donors (Lipinski definition) is 1. The minimum Gasteiger partial charge on any atom is -0.475 e. The average molecular weight is 246 g/mol. The maximum Gasteiger partial charge on any atom is 0.254 e. The van der Waals surface area contributed by atoms with Crippen LogP contribution in [0.25, 0.3) is 0 Å². The van der Waals surface area contributed by atoms with Crippen LogP contribution in [0.1, 0.15) is 12.8 Å². The van der Waals surface area contributed by atoms with Crippen LogP contribution >= 0.6 is 11.6 Å². The molecule has 2 heterocycles. The number of piperidine rings is 1. The van der Waals surface area contributed by atoms with E-state index in [1.165, 1.54) is 0 Å². The van der Waals surface area contributed by atoms with Gasteiger partial charge in [-0.15, -0.1) is 0 Å². The summed E-state index contributed by atoms with van der Waals surface area (Å²) in [5, 5.41) is 3.26. The smallest absolute Gasteiger partial charge is 0.254 e. The van der Waals surface area contributed by atoms with E-state index >= 15 is 0 Å². The minimum absolute atomic E-state index is 0.00158. The lowest BCUT2D eigenvalue weighted by Crippen LogP contribution is -2.30. The molecule has 1 aromatic rings. The summed E-state index contributed by atoms with van der Waals surface area (Å²) in [4.78, 5) is 7.22. The van der Waals surface area contributed by atoms with Crippen LogP contribution in [-0.2, 0) is 0 Å². The average Bonchev–Trinajstić information content (AvgIpc) is 2.32. The zero-order valence-electron chi connectivity index (χ0n) is 8.75. The molecule has 4 nitrogen and oxygen atoms in total. The van der Waals surface area contributed by atoms with E-state index in [9.17, 15) is 4.39 Å². The third kappa shape index (κ3) is 3.02. The monoisotopic (exact) mass is 245 g/mol. The molecular weight excluding hydrogens is 233 g/mol. The molecule has 1 N–H and O–H groups in total. The van der Waals surface area contributed by atoms with Crippen molar-refractivity contribution in [3.63, 3.8) is 0 Å². The van der Waals surface area contributed by atoms with E-state index in [-0.39, 0.29) is 11.2 Å². The highest BCUT2D eigenvalue weighted by Crippen LogP contribution is 2.18. The Kier molecular flexibility index (Phi) is 3.90. The SMILES string of the molecule is Fc1cnc(Cl)nc1OCC1CCNCC1. The molecule has 16 heavy (non-hydrogen) atoms. The quantitative estimate of drug-likeness (QED) is 0.823. The highest BCUT2D eigenvalue weighted by Gasteiger charge is 2.15. The fourth-order valence-corrected chi connectivity index (χ4v) is 1.80. The van der Waals surface area contributed by atoms with Gasteiger partial charge in [0.05, 0.1) is 12.8 Å². The van der Waals surface area contributed by atoms with Gasteiger partial charge in [-0.2, -0.15) is 9.37 Å². The van der Waals surface area contributed by atoms with Crippen molar-refractivity contribution < 1.29 is 9.13 Å². The van der Waals surface area contributed by atoms with Gasteiger partial charge >= 0.3 is 0 Å². The third-order valence-corrected chi connectivity index (χ3v) is 2.78. The Labute approximate surface area is 98.2 Å². The summed E-state index contributed by atoms with van der Waals surface area (Å²) in [5.41, 5.74) is 0. The molecule has 6 heteroatoms. The second-order valence-electron chi connectivity index (χ2n) is 3.80. The van der Waals surface area contributed by atoms with Gasteiger partial charge in [0.25, 0.3) is 5.88 Å². The number of ether oxygens (including phenoxy) is 1. The minimum atomic E-state index is -0.571. The largest absolute Gasteiger partial charge is 0.475 e. The molecule has 0 unspecified atom stereocenters. The van der Waals surface area contributed by atoms with Crippen LogP contribution < -0.4 is 10.1 Å². The summed E-state index contributed by atoms with van der Waals surface area (Å²) >= 11 is 5.56. The van der Waals surface area contributed by atoms with Gasteiger partial charge < -0.3 is 10.1 Å². The number of nitrogens with zero attached hydrogens (tertiary/aromatic N) is 2. The van der Waals surface area contributed by atoms with Crippen molar-refractivity contribution in [1.29, 1.82) is 0 Å². The van der Waals surface area contributed by atoms with Crippen molar-refractivity contribution in [1.82, 2.24) is 15.3 Å². The number of aromatic nitrogens is 2. The molecule has 1 aliphatic rings. The van der Waals surface area contributed by atoms with Crippen LogP contribution in [0.3, 0.4) is 0 Å². The first-order valence-electron chi connectivity index (χ1n) is 5.27. The van der Waals surface area contributed by atoms with E-state index in [4.69, 9.17) is 16.3 Å². The van der Waals surface area contributed by atoms with Gasteiger partial charge in [-0.3, -0.25) is 0 Å². The molecule has 1 aliphatic heterocycles. The molecule has 1 aromatic heterocycles. The van der Waals surface area contributed by atoms with Gasteiger partial charge in [0.1, 0.15) is 0 Å². The van der Waals surface area contributed by atoms with E-state index in [1.54, 1.807) is 0 Å². The van der Waals surface area contributed by atoms with Gasteiger partial charge in [-0.25, -0.2) is 4.98 Å². The summed E-state index contributed by atoms with van der Waals surface area (Å²) < 4.78 is 18.5. The van der Waals surface area contributed by atoms with Crippen molar-refractivity contribution in [3.8, 4) is 5.88 Å². The van der Waals surface area contributed by atoms with Crippen molar-refractivity contribution in [3.05, 3.63) is 17.3 Å². The lowest BCUT2D eigenvalue weighted by Gasteiger charge is -2.22. The van der Waals surface area contributed by atoms with E-state index in [0.29, 0.717) is 12.5 Å². The fourth-order valence-electron chi connectivity index (χ4n) is 1.68. The molecule has 0 spiro atoms. The second-order valence-corrected chi connectivity index (χ2v) is 4.13. The first kappa shape index (κ1) is 11.5. The van der Waals surface area contributed by atoms with E-state index in [0.717, 1.165) is 32.1 Å². The number of halogens is 2. The Morgan fingerprint density at radius 2 is 2.25 bits per heavy atom. The molecular formula is C10H13ClFN3O. The van der Waals surface area contributed by atoms with Gasteiger partial charge in [0.2, 0.25) is 11.1 Å². The van der Waals surface area contributed by atoms with Crippen LogP contribution in [0.5, 0.6) is 5.88 Å². The summed E-state index contributed by atoms with van der Waals surface area (Å²) in [5.74, 6) is -0.175. The van der Waals surface area contributed by atoms with Gasteiger partial charge in [0.15, 0.2) is 0 Å². The maximum absolute atomic E-state index is 13.2. The highest BCUT2D eigenvalue weighted by atomic mass is 35.5. The zero-order chi connectivity index (χ0) is 11.4. The van der Waals surface area contributed by atoms with E-state index < -0.39 is 5.82 Å². The summed E-state index contributed by atoms with van der Waals surface area (Å²) in [6.07, 6.45) is 3.11. The Morgan fingerprint density at radius 1 is 1.50 bits per heavy atom. The van der Waals surface area contributed by atoms with Crippen LogP contribution in [-0.4, -0.2) is 29.7 Å². The standard InChI is InChI=1S/C10H13ClFN3O/c11-10-14-5-8(12)9(15-10)16-6-7-1-3-13-4-2-7/h5,7,13H,1-4,6H2. The van der Waals surface area contributed by atoms with Crippen LogP contribution in [0.4, 0.5) is 4.39 Å². The van der Waals surface area contributed by atoms with Gasteiger partial charge in [0, 0.05) is 0 Å². The normalized spacial score (nSPS) is 17.4. The number of rotatable bonds is 3. The van der Waals surface area contributed by atoms with Crippen molar-refractivity contribution >= 4 is 11.6 Å².